The molecule has 1 saturated carbocycles. The van der Waals surface area contributed by atoms with Crippen molar-refractivity contribution in [1.29, 1.82) is 0 Å². The summed E-state index contributed by atoms with van der Waals surface area (Å²) in [5.41, 5.74) is -0.812. The van der Waals surface area contributed by atoms with E-state index in [1.54, 1.807) is 6.92 Å². The summed E-state index contributed by atoms with van der Waals surface area (Å²) in [4.78, 5) is 6.49. The SMILES string of the molecule is CCN=C1CCN(C(C)(O)C2(C(O)(O)CC(C)C)CC2)CC1. The maximum absolute atomic E-state index is 11.2. The van der Waals surface area contributed by atoms with Gasteiger partial charge in [-0.3, -0.25) is 9.89 Å². The Morgan fingerprint density at radius 3 is 2.14 bits per heavy atom. The zero-order valence-corrected chi connectivity index (χ0v) is 14.5. The van der Waals surface area contributed by atoms with Gasteiger partial charge in [-0.1, -0.05) is 13.8 Å². The molecule has 1 aliphatic heterocycles. The molecule has 1 saturated heterocycles. The molecule has 2 aliphatic rings. The Kier molecular flexibility index (Phi) is 5.03. The van der Waals surface area contributed by atoms with Gasteiger partial charge in [0.15, 0.2) is 5.79 Å². The minimum atomic E-state index is -1.82. The van der Waals surface area contributed by atoms with Gasteiger partial charge >= 0.3 is 0 Å². The molecule has 1 atom stereocenters. The van der Waals surface area contributed by atoms with E-state index in [-0.39, 0.29) is 5.92 Å². The van der Waals surface area contributed by atoms with Crippen LogP contribution in [0.3, 0.4) is 0 Å². The van der Waals surface area contributed by atoms with Gasteiger partial charge in [0.1, 0.15) is 5.72 Å². The zero-order chi connectivity index (χ0) is 16.6. The number of aliphatic hydroxyl groups is 3. The van der Waals surface area contributed by atoms with Crippen molar-refractivity contribution in [3.63, 3.8) is 0 Å². The standard InChI is InChI=1S/C17H32N2O3/c1-5-18-14-6-10-19(11-7-14)15(4,20)16(8-9-16)17(21,22)12-13(2)3/h13,20-22H,5-12H2,1-4H3. The Morgan fingerprint density at radius 1 is 1.18 bits per heavy atom. The number of hydrogen-bond donors (Lipinski definition) is 3. The van der Waals surface area contributed by atoms with Crippen molar-refractivity contribution in [2.24, 2.45) is 16.3 Å². The van der Waals surface area contributed by atoms with Crippen molar-refractivity contribution in [3.8, 4) is 0 Å². The highest BCUT2D eigenvalue weighted by Gasteiger charge is 2.69. The summed E-state index contributed by atoms with van der Waals surface area (Å²) < 4.78 is 0. The summed E-state index contributed by atoms with van der Waals surface area (Å²) in [6.07, 6.45) is 3.32. The van der Waals surface area contributed by atoms with Gasteiger partial charge in [0.05, 0.1) is 5.41 Å². The van der Waals surface area contributed by atoms with Crippen molar-refractivity contribution < 1.29 is 15.3 Å². The van der Waals surface area contributed by atoms with Crippen LogP contribution >= 0.6 is 0 Å². The van der Waals surface area contributed by atoms with Crippen LogP contribution in [0.1, 0.15) is 59.8 Å². The van der Waals surface area contributed by atoms with Crippen molar-refractivity contribution in [1.82, 2.24) is 4.90 Å². The Morgan fingerprint density at radius 2 is 1.73 bits per heavy atom. The van der Waals surface area contributed by atoms with Gasteiger partial charge in [-0.05, 0) is 45.4 Å². The van der Waals surface area contributed by atoms with E-state index in [2.05, 4.69) is 4.99 Å². The van der Waals surface area contributed by atoms with E-state index >= 15 is 0 Å². The van der Waals surface area contributed by atoms with Gasteiger partial charge in [-0.15, -0.1) is 0 Å². The van der Waals surface area contributed by atoms with E-state index in [9.17, 15) is 15.3 Å². The molecule has 3 N–H and O–H groups in total. The number of nitrogens with zero attached hydrogens (tertiary/aromatic N) is 2. The monoisotopic (exact) mass is 312 g/mol. The van der Waals surface area contributed by atoms with E-state index in [1.807, 2.05) is 25.7 Å². The smallest absolute Gasteiger partial charge is 0.172 e. The first-order valence-corrected chi connectivity index (χ1v) is 8.60. The van der Waals surface area contributed by atoms with E-state index in [4.69, 9.17) is 0 Å². The van der Waals surface area contributed by atoms with Crippen LogP contribution in [0.2, 0.25) is 0 Å². The fraction of sp³-hybridized carbons (Fsp3) is 0.941. The van der Waals surface area contributed by atoms with E-state index in [0.717, 1.165) is 32.5 Å². The van der Waals surface area contributed by atoms with E-state index in [0.29, 0.717) is 19.3 Å². The summed E-state index contributed by atoms with van der Waals surface area (Å²) in [6, 6.07) is 0. The summed E-state index contributed by atoms with van der Waals surface area (Å²) in [5, 5.41) is 32.4. The van der Waals surface area contributed by atoms with Crippen LogP contribution in [-0.4, -0.2) is 57.1 Å². The Hall–Kier alpha value is -0.490. The van der Waals surface area contributed by atoms with Gasteiger partial charge in [0, 0.05) is 31.8 Å². The Labute approximate surface area is 134 Å². The summed E-state index contributed by atoms with van der Waals surface area (Å²) >= 11 is 0. The van der Waals surface area contributed by atoms with Crippen LogP contribution in [0.5, 0.6) is 0 Å². The second-order valence-corrected chi connectivity index (χ2v) is 7.55. The molecule has 1 unspecified atom stereocenters. The molecule has 5 nitrogen and oxygen atoms in total. The molecule has 0 aromatic carbocycles. The first-order valence-electron chi connectivity index (χ1n) is 8.60. The molecule has 22 heavy (non-hydrogen) atoms. The average molecular weight is 312 g/mol. The molecule has 0 spiro atoms. The van der Waals surface area contributed by atoms with E-state index < -0.39 is 16.9 Å². The number of likely N-dealkylation sites (tertiary alicyclic amines) is 1. The highest BCUT2D eigenvalue weighted by atomic mass is 16.5. The molecule has 1 aliphatic carbocycles. The summed E-state index contributed by atoms with van der Waals surface area (Å²) in [7, 11) is 0. The highest BCUT2D eigenvalue weighted by Crippen LogP contribution is 2.62. The van der Waals surface area contributed by atoms with Crippen molar-refractivity contribution in [3.05, 3.63) is 0 Å². The molecule has 1 heterocycles. The van der Waals surface area contributed by atoms with Crippen molar-refractivity contribution >= 4 is 5.71 Å². The fourth-order valence-electron chi connectivity index (χ4n) is 4.03. The molecule has 0 aromatic rings. The number of aliphatic imine (C=N–C) groups is 1. The van der Waals surface area contributed by atoms with Gasteiger partial charge in [0.2, 0.25) is 0 Å². The number of hydrogen-bond acceptors (Lipinski definition) is 5. The topological polar surface area (TPSA) is 76.3 Å². The normalized spacial score (nSPS) is 25.2. The van der Waals surface area contributed by atoms with Crippen LogP contribution in [0, 0.1) is 11.3 Å². The van der Waals surface area contributed by atoms with Crippen LogP contribution in [0.25, 0.3) is 0 Å². The van der Waals surface area contributed by atoms with Gasteiger partial charge in [-0.25, -0.2) is 0 Å². The third-order valence-corrected chi connectivity index (χ3v) is 5.45. The van der Waals surface area contributed by atoms with Gasteiger partial charge in [-0.2, -0.15) is 0 Å². The first-order chi connectivity index (χ1) is 10.2. The summed E-state index contributed by atoms with van der Waals surface area (Å²) in [5.74, 6) is -1.64. The molecule has 0 bridgehead atoms. The quantitative estimate of drug-likeness (QED) is 0.653. The lowest BCUT2D eigenvalue weighted by Gasteiger charge is -2.49. The first kappa shape index (κ1) is 17.9. The average Bonchev–Trinajstić information content (AvgIpc) is 3.20. The van der Waals surface area contributed by atoms with Crippen molar-refractivity contribution in [2.75, 3.05) is 19.6 Å². The summed E-state index contributed by atoms with van der Waals surface area (Å²) in [6.45, 7) is 9.99. The van der Waals surface area contributed by atoms with Gasteiger partial charge < -0.3 is 15.3 Å². The van der Waals surface area contributed by atoms with Crippen LogP contribution in [-0.2, 0) is 0 Å². The minimum absolute atomic E-state index is 0.174. The Bertz CT molecular complexity index is 416. The molecule has 0 aromatic heterocycles. The molecule has 2 fully saturated rings. The third-order valence-electron chi connectivity index (χ3n) is 5.45. The lowest BCUT2D eigenvalue weighted by molar-refractivity contribution is -0.293. The maximum Gasteiger partial charge on any atom is 0.172 e. The number of rotatable bonds is 6. The number of piperidine rings is 1. The van der Waals surface area contributed by atoms with E-state index in [1.165, 1.54) is 5.71 Å². The third kappa shape index (κ3) is 3.09. The molecular formula is C17H32N2O3. The molecular weight excluding hydrogens is 280 g/mol. The highest BCUT2D eigenvalue weighted by molar-refractivity contribution is 5.85. The van der Waals surface area contributed by atoms with Crippen LogP contribution in [0.15, 0.2) is 4.99 Å². The fourth-order valence-corrected chi connectivity index (χ4v) is 4.03. The lowest BCUT2D eigenvalue weighted by Crippen LogP contribution is -2.63. The maximum atomic E-state index is 11.2. The van der Waals surface area contributed by atoms with Crippen LogP contribution in [0.4, 0.5) is 0 Å². The predicted molar refractivity (Wildman–Crippen MR) is 87.7 cm³/mol. The molecule has 0 radical (unpaired) electrons. The molecule has 0 amide bonds. The van der Waals surface area contributed by atoms with Gasteiger partial charge in [0.25, 0.3) is 0 Å². The molecule has 128 valence electrons. The zero-order valence-electron chi connectivity index (χ0n) is 14.5. The van der Waals surface area contributed by atoms with Crippen molar-refractivity contribution in [2.45, 2.75) is 71.3 Å². The minimum Gasteiger partial charge on any atom is -0.375 e. The molecule has 2 rings (SSSR count). The lowest BCUT2D eigenvalue weighted by atomic mass is 9.79. The molecule has 5 heteroatoms. The predicted octanol–water partition coefficient (Wildman–Crippen LogP) is 1.76. The van der Waals surface area contributed by atoms with Crippen LogP contribution < -0.4 is 0 Å². The largest absolute Gasteiger partial charge is 0.375 e. The second-order valence-electron chi connectivity index (χ2n) is 7.55. The Balaban J connectivity index is 2.12. The second kappa shape index (κ2) is 6.19.